The molecule has 2 aliphatic rings. The third-order valence-electron chi connectivity index (χ3n) is 4.62. The van der Waals surface area contributed by atoms with Crippen molar-refractivity contribution < 1.29 is 19.4 Å². The zero-order valence-electron chi connectivity index (χ0n) is 13.0. The second-order valence-corrected chi connectivity index (χ2v) is 7.27. The molecule has 2 aromatic rings. The summed E-state index contributed by atoms with van der Waals surface area (Å²) in [6.45, 7) is 1.92. The van der Waals surface area contributed by atoms with Gasteiger partial charge in [-0.2, -0.15) is 0 Å². The lowest BCUT2D eigenvalue weighted by atomic mass is 9.89. The van der Waals surface area contributed by atoms with Crippen molar-refractivity contribution in [1.29, 1.82) is 0 Å². The van der Waals surface area contributed by atoms with Crippen LogP contribution in [0, 0.1) is 0 Å². The fourth-order valence-corrected chi connectivity index (χ4v) is 4.50. The normalized spacial score (nSPS) is 19.5. The highest BCUT2D eigenvalue weighted by Gasteiger charge is 2.33. The number of benzene rings is 1. The summed E-state index contributed by atoms with van der Waals surface area (Å²) < 4.78 is 5.43. The Morgan fingerprint density at radius 3 is 2.88 bits per heavy atom. The first-order chi connectivity index (χ1) is 11.6. The highest BCUT2D eigenvalue weighted by atomic mass is 32.1. The number of amides is 1. The van der Waals surface area contributed by atoms with E-state index in [0.717, 1.165) is 23.1 Å². The second-order valence-electron chi connectivity index (χ2n) is 6.14. The van der Waals surface area contributed by atoms with Crippen LogP contribution in [0.15, 0.2) is 30.3 Å². The van der Waals surface area contributed by atoms with Crippen LogP contribution in [0.1, 0.15) is 37.2 Å². The minimum atomic E-state index is -0.890. The molecule has 3 heterocycles. The number of carboxylic acid groups (broad SMARTS) is 1. The molecule has 0 spiro atoms. The Morgan fingerprint density at radius 2 is 2.08 bits per heavy atom. The molecule has 1 unspecified atom stereocenters. The number of nitrogens with zero attached hydrogens (tertiary/aromatic N) is 1. The maximum atomic E-state index is 12.9. The number of ether oxygens (including phenoxy) is 1. The summed E-state index contributed by atoms with van der Waals surface area (Å²) in [5, 5.41) is 9.54. The summed E-state index contributed by atoms with van der Waals surface area (Å²) in [4.78, 5) is 28.1. The van der Waals surface area contributed by atoms with Crippen molar-refractivity contribution in [3.8, 4) is 0 Å². The number of fused-ring (bicyclic) bond motifs is 2. The van der Waals surface area contributed by atoms with Crippen molar-refractivity contribution in [2.24, 2.45) is 0 Å². The van der Waals surface area contributed by atoms with E-state index in [2.05, 4.69) is 0 Å². The van der Waals surface area contributed by atoms with Crippen LogP contribution in [0.3, 0.4) is 0 Å². The van der Waals surface area contributed by atoms with Gasteiger partial charge in [0.2, 0.25) is 0 Å². The smallest absolute Gasteiger partial charge is 0.312 e. The maximum absolute atomic E-state index is 12.9. The summed E-state index contributed by atoms with van der Waals surface area (Å²) >= 11 is 1.51. The Morgan fingerprint density at radius 1 is 1.25 bits per heavy atom. The second kappa shape index (κ2) is 6.03. The van der Waals surface area contributed by atoms with E-state index in [1.807, 2.05) is 30.3 Å². The monoisotopic (exact) mass is 343 g/mol. The molecule has 1 N–H and O–H groups in total. The van der Waals surface area contributed by atoms with Crippen LogP contribution >= 0.6 is 11.3 Å². The molecule has 1 aromatic carbocycles. The molecular weight excluding hydrogens is 326 g/mol. The number of thiophene rings is 1. The number of carbonyl (C=O) groups excluding carboxylic acids is 1. The third-order valence-corrected chi connectivity index (χ3v) is 5.84. The predicted octanol–water partition coefficient (Wildman–Crippen LogP) is 2.65. The van der Waals surface area contributed by atoms with Crippen LogP contribution < -0.4 is 0 Å². The van der Waals surface area contributed by atoms with E-state index in [0.29, 0.717) is 24.6 Å². The number of hydrogen-bond donors (Lipinski definition) is 1. The molecule has 124 valence electrons. The third kappa shape index (κ3) is 2.61. The van der Waals surface area contributed by atoms with Crippen LogP contribution in [0.25, 0.3) is 0 Å². The molecule has 0 saturated heterocycles. The highest BCUT2D eigenvalue weighted by molar-refractivity contribution is 7.14. The first-order valence-electron chi connectivity index (χ1n) is 7.92. The van der Waals surface area contributed by atoms with Crippen molar-refractivity contribution in [2.75, 3.05) is 13.2 Å². The van der Waals surface area contributed by atoms with E-state index in [1.54, 1.807) is 4.90 Å². The van der Waals surface area contributed by atoms with E-state index in [1.165, 1.54) is 16.2 Å². The molecule has 4 rings (SSSR count). The van der Waals surface area contributed by atoms with Crippen LogP contribution in [-0.4, -0.2) is 35.0 Å². The lowest BCUT2D eigenvalue weighted by Gasteiger charge is -2.32. The number of aliphatic carboxylic acids is 1. The van der Waals surface area contributed by atoms with Gasteiger partial charge in [0.15, 0.2) is 0 Å². The highest BCUT2D eigenvalue weighted by Crippen LogP contribution is 2.32. The average Bonchev–Trinajstić information content (AvgIpc) is 3.04. The van der Waals surface area contributed by atoms with E-state index in [4.69, 9.17) is 4.74 Å². The molecule has 0 fully saturated rings. The van der Waals surface area contributed by atoms with Gasteiger partial charge in [0.25, 0.3) is 5.91 Å². The Bertz CT molecular complexity index is 790. The summed E-state index contributed by atoms with van der Waals surface area (Å²) in [6, 6.07) is 9.37. The first-order valence-corrected chi connectivity index (χ1v) is 8.74. The standard InChI is InChI=1S/C18H17NO4S/c20-17(16-7-12-10-23-6-5-15(12)24-16)19-8-11-3-1-2-4-13(11)14(9-19)18(21)22/h1-4,7,14H,5-6,8-10H2,(H,21,22). The van der Waals surface area contributed by atoms with E-state index in [-0.39, 0.29) is 12.5 Å². The number of carbonyl (C=O) groups is 2. The van der Waals surface area contributed by atoms with Gasteiger partial charge in [-0.25, -0.2) is 0 Å². The van der Waals surface area contributed by atoms with Crippen molar-refractivity contribution in [3.63, 3.8) is 0 Å². The van der Waals surface area contributed by atoms with E-state index < -0.39 is 11.9 Å². The zero-order valence-corrected chi connectivity index (χ0v) is 13.8. The summed E-state index contributed by atoms with van der Waals surface area (Å²) in [5.74, 6) is -1.65. The van der Waals surface area contributed by atoms with Crippen LogP contribution in [0.4, 0.5) is 0 Å². The molecule has 1 amide bonds. The van der Waals surface area contributed by atoms with Gasteiger partial charge >= 0.3 is 5.97 Å². The summed E-state index contributed by atoms with van der Waals surface area (Å²) in [6.07, 6.45) is 0.841. The van der Waals surface area contributed by atoms with Crippen molar-refractivity contribution in [2.45, 2.75) is 25.5 Å². The van der Waals surface area contributed by atoms with Crippen LogP contribution in [-0.2, 0) is 29.1 Å². The molecule has 5 nitrogen and oxygen atoms in total. The summed E-state index contributed by atoms with van der Waals surface area (Å²) in [5.41, 5.74) is 2.81. The lowest BCUT2D eigenvalue weighted by Crippen LogP contribution is -2.40. The Hall–Kier alpha value is -2.18. The molecular formula is C18H17NO4S. The van der Waals surface area contributed by atoms with Crippen LogP contribution in [0.5, 0.6) is 0 Å². The SMILES string of the molecule is O=C(O)C1CN(C(=O)c2cc3c(s2)CCOC3)Cc2ccccc21. The van der Waals surface area contributed by atoms with Crippen molar-refractivity contribution >= 4 is 23.2 Å². The van der Waals surface area contributed by atoms with Gasteiger partial charge in [0.05, 0.1) is 24.0 Å². The molecule has 1 aromatic heterocycles. The largest absolute Gasteiger partial charge is 0.481 e. The van der Waals surface area contributed by atoms with E-state index in [9.17, 15) is 14.7 Å². The van der Waals surface area contributed by atoms with Gasteiger partial charge in [-0.3, -0.25) is 9.59 Å². The quantitative estimate of drug-likeness (QED) is 0.910. The van der Waals surface area contributed by atoms with Gasteiger partial charge in [-0.15, -0.1) is 11.3 Å². The Balaban J connectivity index is 1.63. The molecule has 0 bridgehead atoms. The zero-order chi connectivity index (χ0) is 16.7. The van der Waals surface area contributed by atoms with Gasteiger partial charge in [-0.1, -0.05) is 24.3 Å². The van der Waals surface area contributed by atoms with Gasteiger partial charge in [0.1, 0.15) is 0 Å². The molecule has 0 radical (unpaired) electrons. The first kappa shape index (κ1) is 15.4. The average molecular weight is 343 g/mol. The molecule has 1 atom stereocenters. The number of rotatable bonds is 2. The summed E-state index contributed by atoms with van der Waals surface area (Å²) in [7, 11) is 0. The lowest BCUT2D eigenvalue weighted by molar-refractivity contribution is -0.139. The minimum absolute atomic E-state index is 0.0878. The Kier molecular flexibility index (Phi) is 3.86. The molecule has 0 saturated carbocycles. The van der Waals surface area contributed by atoms with Gasteiger partial charge in [0, 0.05) is 24.4 Å². The fraction of sp³-hybridized carbons (Fsp3) is 0.333. The van der Waals surface area contributed by atoms with E-state index >= 15 is 0 Å². The molecule has 2 aliphatic heterocycles. The number of carboxylic acids is 1. The van der Waals surface area contributed by atoms with Crippen molar-refractivity contribution in [3.05, 3.63) is 56.8 Å². The van der Waals surface area contributed by atoms with Crippen molar-refractivity contribution in [1.82, 2.24) is 4.90 Å². The molecule has 24 heavy (non-hydrogen) atoms. The molecule has 0 aliphatic carbocycles. The molecule has 6 heteroatoms. The van der Waals surface area contributed by atoms with Crippen LogP contribution in [0.2, 0.25) is 0 Å². The van der Waals surface area contributed by atoms with Gasteiger partial charge in [-0.05, 0) is 22.8 Å². The number of hydrogen-bond acceptors (Lipinski definition) is 4. The topological polar surface area (TPSA) is 66.8 Å². The predicted molar refractivity (Wildman–Crippen MR) is 89.2 cm³/mol. The maximum Gasteiger partial charge on any atom is 0.312 e. The fourth-order valence-electron chi connectivity index (χ4n) is 3.38. The minimum Gasteiger partial charge on any atom is -0.481 e. The Labute approximate surface area is 143 Å². The van der Waals surface area contributed by atoms with Gasteiger partial charge < -0.3 is 14.7 Å².